The van der Waals surface area contributed by atoms with E-state index in [1.165, 1.54) is 64.2 Å². The number of ether oxygens (including phenoxy) is 3. The first-order valence-electron chi connectivity index (χ1n) is 18.5. The second-order valence-electron chi connectivity index (χ2n) is 13.0. The summed E-state index contributed by atoms with van der Waals surface area (Å²) in [4.78, 5) is 25.9. The van der Waals surface area contributed by atoms with Gasteiger partial charge in [-0.15, -0.1) is 0 Å². The number of aliphatic hydroxyl groups is 1. The van der Waals surface area contributed by atoms with Crippen LogP contribution >= 0.6 is 0 Å². The predicted octanol–water partition coefficient (Wildman–Crippen LogP) is 11.1. The third kappa shape index (κ3) is 11.9. The lowest BCUT2D eigenvalue weighted by Gasteiger charge is -2.11. The molecule has 0 bridgehead atoms. The van der Waals surface area contributed by atoms with Gasteiger partial charge in [-0.05, 0) is 96.0 Å². The van der Waals surface area contributed by atoms with Crippen LogP contribution < -0.4 is 14.2 Å². The Balaban J connectivity index is 1.29. The summed E-state index contributed by atoms with van der Waals surface area (Å²) in [6.45, 7) is 4.22. The lowest BCUT2D eigenvalue weighted by molar-refractivity contribution is 0.0723. The number of rotatable bonds is 21. The molecule has 4 aromatic rings. The summed E-state index contributed by atoms with van der Waals surface area (Å²) >= 11 is 0. The van der Waals surface area contributed by atoms with Gasteiger partial charge in [-0.2, -0.15) is 0 Å². The molecular weight excluding hydrogens is 624 g/mol. The molecule has 0 saturated heterocycles. The number of benzene rings is 4. The molecular formula is C44H54O6. The number of carbonyl (C=O) groups is 2. The van der Waals surface area contributed by atoms with E-state index < -0.39 is 11.9 Å². The molecule has 6 heteroatoms. The predicted molar refractivity (Wildman–Crippen MR) is 201 cm³/mol. The average Bonchev–Trinajstić information content (AvgIpc) is 3.15. The van der Waals surface area contributed by atoms with Gasteiger partial charge in [0.05, 0.1) is 24.8 Å². The molecule has 0 aliphatic carbocycles. The van der Waals surface area contributed by atoms with E-state index in [1.54, 1.807) is 49.6 Å². The maximum Gasteiger partial charge on any atom is 0.343 e. The van der Waals surface area contributed by atoms with E-state index in [0.717, 1.165) is 47.9 Å². The molecule has 0 heterocycles. The van der Waals surface area contributed by atoms with Crippen LogP contribution in [0.25, 0.3) is 11.1 Å². The quantitative estimate of drug-likeness (QED) is 0.0536. The second-order valence-corrected chi connectivity index (χ2v) is 13.0. The Morgan fingerprint density at radius 2 is 1.10 bits per heavy atom. The van der Waals surface area contributed by atoms with Crippen molar-refractivity contribution in [2.75, 3.05) is 7.11 Å². The zero-order valence-electron chi connectivity index (χ0n) is 30.2. The highest BCUT2D eigenvalue weighted by Gasteiger charge is 2.16. The van der Waals surface area contributed by atoms with Crippen molar-refractivity contribution in [3.8, 4) is 28.4 Å². The smallest absolute Gasteiger partial charge is 0.343 e. The van der Waals surface area contributed by atoms with Crippen LogP contribution in [0.4, 0.5) is 0 Å². The zero-order chi connectivity index (χ0) is 35.6. The molecule has 0 spiro atoms. The maximum absolute atomic E-state index is 13.0. The first-order chi connectivity index (χ1) is 24.4. The minimum Gasteiger partial charge on any atom is -0.496 e. The Morgan fingerprint density at radius 3 is 1.66 bits per heavy atom. The first-order valence-corrected chi connectivity index (χ1v) is 18.5. The van der Waals surface area contributed by atoms with E-state index in [1.807, 2.05) is 42.5 Å². The van der Waals surface area contributed by atoms with Gasteiger partial charge in [-0.1, -0.05) is 121 Å². The fraction of sp³-hybridized carbons (Fsp3) is 0.409. The van der Waals surface area contributed by atoms with Gasteiger partial charge >= 0.3 is 11.9 Å². The van der Waals surface area contributed by atoms with Gasteiger partial charge in [0, 0.05) is 0 Å². The molecule has 0 aliphatic heterocycles. The summed E-state index contributed by atoms with van der Waals surface area (Å²) in [5.41, 5.74) is 5.46. The van der Waals surface area contributed by atoms with Crippen molar-refractivity contribution in [2.45, 2.75) is 110 Å². The van der Waals surface area contributed by atoms with Crippen LogP contribution in [0.3, 0.4) is 0 Å². The minimum absolute atomic E-state index is 0.223. The molecule has 0 unspecified atom stereocenters. The minimum atomic E-state index is -0.496. The summed E-state index contributed by atoms with van der Waals surface area (Å²) in [6, 6.07) is 25.7. The molecule has 0 amide bonds. The molecule has 0 aromatic heterocycles. The third-order valence-electron chi connectivity index (χ3n) is 9.16. The molecule has 50 heavy (non-hydrogen) atoms. The fourth-order valence-electron chi connectivity index (χ4n) is 6.17. The number of hydrogen-bond donors (Lipinski definition) is 1. The van der Waals surface area contributed by atoms with Crippen molar-refractivity contribution in [3.05, 3.63) is 113 Å². The van der Waals surface area contributed by atoms with Crippen LogP contribution in [0.2, 0.25) is 0 Å². The third-order valence-corrected chi connectivity index (χ3v) is 9.16. The summed E-state index contributed by atoms with van der Waals surface area (Å²) in [5.74, 6) is 0.632. The van der Waals surface area contributed by atoms with E-state index >= 15 is 0 Å². The van der Waals surface area contributed by atoms with Crippen LogP contribution in [0, 0.1) is 0 Å². The number of unbranched alkanes of at least 4 members (excludes halogenated alkanes) is 10. The molecule has 1 N–H and O–H groups in total. The van der Waals surface area contributed by atoms with Crippen molar-refractivity contribution in [1.29, 1.82) is 0 Å². The molecule has 0 saturated carbocycles. The summed E-state index contributed by atoms with van der Waals surface area (Å²) < 4.78 is 16.9. The number of esters is 2. The Kier molecular flexibility index (Phi) is 16.1. The van der Waals surface area contributed by atoms with Crippen LogP contribution in [0.15, 0.2) is 84.9 Å². The van der Waals surface area contributed by atoms with E-state index in [9.17, 15) is 14.7 Å². The van der Waals surface area contributed by atoms with Gasteiger partial charge in [0.1, 0.15) is 17.2 Å². The molecule has 4 aromatic carbocycles. The Morgan fingerprint density at radius 1 is 0.560 bits per heavy atom. The van der Waals surface area contributed by atoms with E-state index in [0.29, 0.717) is 33.9 Å². The Labute approximate surface area is 298 Å². The first kappa shape index (κ1) is 38.4. The Bertz CT molecular complexity index is 1620. The fourth-order valence-corrected chi connectivity index (χ4v) is 6.17. The number of carbonyl (C=O) groups excluding carboxylic acids is 2. The molecule has 0 radical (unpaired) electrons. The number of hydrogen-bond acceptors (Lipinski definition) is 6. The van der Waals surface area contributed by atoms with Crippen molar-refractivity contribution in [2.24, 2.45) is 0 Å². The summed E-state index contributed by atoms with van der Waals surface area (Å²) in [7, 11) is 1.63. The van der Waals surface area contributed by atoms with Crippen molar-refractivity contribution in [3.63, 3.8) is 0 Å². The standard InChI is InChI=1S/C44H54O6/c1-4-6-8-10-12-14-16-33-18-29-41(38(30-33)32-45)44(47)50-40-27-23-35(24-28-40)34-21-25-39(26-22-34)49-43(46)37-20-19-36(42(31-37)48-3)17-15-13-11-9-7-5-2/h18-31,45H,4-17,32H2,1-3H3. The van der Waals surface area contributed by atoms with Gasteiger partial charge in [-0.25, -0.2) is 9.59 Å². The zero-order valence-corrected chi connectivity index (χ0v) is 30.2. The summed E-state index contributed by atoms with van der Waals surface area (Å²) in [6.07, 6.45) is 16.6. The largest absolute Gasteiger partial charge is 0.496 e. The van der Waals surface area contributed by atoms with Crippen LogP contribution in [0.5, 0.6) is 17.2 Å². The maximum atomic E-state index is 13.0. The topological polar surface area (TPSA) is 82.1 Å². The lowest BCUT2D eigenvalue weighted by atomic mass is 10.00. The van der Waals surface area contributed by atoms with E-state index in [2.05, 4.69) is 13.8 Å². The highest BCUT2D eigenvalue weighted by atomic mass is 16.5. The molecule has 0 aliphatic rings. The van der Waals surface area contributed by atoms with Crippen LogP contribution in [0.1, 0.15) is 128 Å². The van der Waals surface area contributed by atoms with Gasteiger partial charge in [-0.3, -0.25) is 0 Å². The molecule has 4 rings (SSSR count). The highest BCUT2D eigenvalue weighted by molar-refractivity contribution is 5.93. The van der Waals surface area contributed by atoms with Gasteiger partial charge < -0.3 is 19.3 Å². The van der Waals surface area contributed by atoms with Gasteiger partial charge in [0.25, 0.3) is 0 Å². The van der Waals surface area contributed by atoms with E-state index in [-0.39, 0.29) is 6.61 Å². The highest BCUT2D eigenvalue weighted by Crippen LogP contribution is 2.27. The lowest BCUT2D eigenvalue weighted by Crippen LogP contribution is -2.12. The number of aryl methyl sites for hydroxylation is 2. The SMILES string of the molecule is CCCCCCCCc1ccc(C(=O)Oc2ccc(-c3ccc(OC(=O)c4ccc(CCCCCCCC)c(OC)c4)cc3)cc2)c(CO)c1. The van der Waals surface area contributed by atoms with E-state index in [4.69, 9.17) is 14.2 Å². The average molecular weight is 679 g/mol. The summed E-state index contributed by atoms with van der Waals surface area (Å²) in [5, 5.41) is 9.96. The molecule has 6 nitrogen and oxygen atoms in total. The molecule has 266 valence electrons. The van der Waals surface area contributed by atoms with Gasteiger partial charge in [0.2, 0.25) is 0 Å². The number of aliphatic hydroxyl groups excluding tert-OH is 1. The van der Waals surface area contributed by atoms with Crippen LogP contribution in [-0.2, 0) is 19.4 Å². The van der Waals surface area contributed by atoms with Crippen molar-refractivity contribution in [1.82, 2.24) is 0 Å². The molecule has 0 atom stereocenters. The second kappa shape index (κ2) is 20.9. The van der Waals surface area contributed by atoms with Crippen molar-refractivity contribution >= 4 is 11.9 Å². The van der Waals surface area contributed by atoms with Crippen LogP contribution in [-0.4, -0.2) is 24.2 Å². The van der Waals surface area contributed by atoms with Gasteiger partial charge in [0.15, 0.2) is 0 Å². The molecule has 0 fully saturated rings. The monoisotopic (exact) mass is 678 g/mol. The van der Waals surface area contributed by atoms with Crippen molar-refractivity contribution < 1.29 is 28.9 Å². The number of methoxy groups -OCH3 is 1. The normalized spacial score (nSPS) is 11.0. The Hall–Kier alpha value is -4.42.